The molecule has 0 atom stereocenters. The van der Waals surface area contributed by atoms with E-state index >= 15 is 0 Å². The average molecular weight is 241 g/mol. The van der Waals surface area contributed by atoms with Crippen molar-refractivity contribution in [1.82, 2.24) is 10.2 Å². The summed E-state index contributed by atoms with van der Waals surface area (Å²) in [6.07, 6.45) is 4.86. The van der Waals surface area contributed by atoms with Gasteiger partial charge in [-0.2, -0.15) is 0 Å². The van der Waals surface area contributed by atoms with Crippen LogP contribution in [-0.2, 0) is 4.79 Å². The van der Waals surface area contributed by atoms with Crippen molar-refractivity contribution in [1.29, 1.82) is 0 Å². The third kappa shape index (κ3) is 3.19. The average Bonchev–Trinajstić information content (AvgIpc) is 2.75. The molecule has 0 unspecified atom stereocenters. The van der Waals surface area contributed by atoms with Crippen molar-refractivity contribution >= 4 is 5.91 Å². The Morgan fingerprint density at radius 2 is 1.88 bits per heavy atom. The largest absolute Gasteiger partial charge is 0.354 e. The zero-order valence-electron chi connectivity index (χ0n) is 11.7. The first-order valence-corrected chi connectivity index (χ1v) is 6.50. The highest BCUT2D eigenvalue weighted by Gasteiger charge is 2.37. The summed E-state index contributed by atoms with van der Waals surface area (Å²) < 4.78 is 0. The van der Waals surface area contributed by atoms with Crippen molar-refractivity contribution in [3.05, 3.63) is 0 Å². The first kappa shape index (κ1) is 14.5. The summed E-state index contributed by atoms with van der Waals surface area (Å²) >= 11 is 0. The summed E-state index contributed by atoms with van der Waals surface area (Å²) in [4.78, 5) is 14.3. The lowest BCUT2D eigenvalue weighted by atomic mass is 9.91. The van der Waals surface area contributed by atoms with Crippen LogP contribution >= 0.6 is 0 Å². The lowest BCUT2D eigenvalue weighted by Crippen LogP contribution is -2.53. The van der Waals surface area contributed by atoms with E-state index in [-0.39, 0.29) is 11.4 Å². The number of rotatable bonds is 5. The molecule has 0 heterocycles. The molecule has 0 aromatic rings. The first-order chi connectivity index (χ1) is 7.84. The molecule has 3 N–H and O–H groups in total. The molecule has 0 spiro atoms. The number of carbonyl (C=O) groups excluding carboxylic acids is 1. The van der Waals surface area contributed by atoms with Crippen molar-refractivity contribution < 1.29 is 4.79 Å². The molecular weight excluding hydrogens is 214 g/mol. The Morgan fingerprint density at radius 3 is 2.29 bits per heavy atom. The molecule has 1 aliphatic carbocycles. The number of nitrogens with one attached hydrogen (secondary N) is 1. The van der Waals surface area contributed by atoms with E-state index in [0.717, 1.165) is 6.54 Å². The Morgan fingerprint density at radius 1 is 1.35 bits per heavy atom. The highest BCUT2D eigenvalue weighted by Crippen LogP contribution is 2.33. The van der Waals surface area contributed by atoms with Gasteiger partial charge in [0.1, 0.15) is 0 Å². The van der Waals surface area contributed by atoms with E-state index in [9.17, 15) is 4.79 Å². The van der Waals surface area contributed by atoms with Gasteiger partial charge in [0.15, 0.2) is 0 Å². The molecule has 1 amide bonds. The standard InChI is InChI=1S/C13H27N3O/c1-12(2,9-14)11(17)15-10-13(16(3)4)7-5-6-8-13/h5-10,14H2,1-4H3,(H,15,17). The Bertz CT molecular complexity index is 268. The molecule has 0 bridgehead atoms. The molecule has 17 heavy (non-hydrogen) atoms. The Labute approximate surface area is 105 Å². The van der Waals surface area contributed by atoms with Crippen molar-refractivity contribution in [3.63, 3.8) is 0 Å². The van der Waals surface area contributed by atoms with Crippen molar-refractivity contribution in [2.75, 3.05) is 27.2 Å². The smallest absolute Gasteiger partial charge is 0.226 e. The van der Waals surface area contributed by atoms with Gasteiger partial charge < -0.3 is 16.0 Å². The van der Waals surface area contributed by atoms with Crippen LogP contribution in [0.25, 0.3) is 0 Å². The maximum absolute atomic E-state index is 12.0. The van der Waals surface area contributed by atoms with Crippen LogP contribution in [0.1, 0.15) is 39.5 Å². The monoisotopic (exact) mass is 241 g/mol. The number of hydrogen-bond acceptors (Lipinski definition) is 3. The van der Waals surface area contributed by atoms with Crippen LogP contribution in [0.3, 0.4) is 0 Å². The number of carbonyl (C=O) groups is 1. The lowest BCUT2D eigenvalue weighted by molar-refractivity contribution is -0.129. The van der Waals surface area contributed by atoms with Gasteiger partial charge in [-0.25, -0.2) is 0 Å². The van der Waals surface area contributed by atoms with E-state index in [4.69, 9.17) is 5.73 Å². The lowest BCUT2D eigenvalue weighted by Gasteiger charge is -2.37. The molecule has 4 heteroatoms. The van der Waals surface area contributed by atoms with E-state index in [1.807, 2.05) is 13.8 Å². The molecule has 1 aliphatic rings. The van der Waals surface area contributed by atoms with Gasteiger partial charge in [-0.15, -0.1) is 0 Å². The van der Waals surface area contributed by atoms with Crippen molar-refractivity contribution in [2.45, 2.75) is 45.1 Å². The molecule has 0 aliphatic heterocycles. The molecule has 4 nitrogen and oxygen atoms in total. The SMILES string of the molecule is CN(C)C1(CNC(=O)C(C)(C)CN)CCCC1. The molecular formula is C13H27N3O. The second-order valence-corrected chi connectivity index (χ2v) is 6.10. The molecule has 1 rings (SSSR count). The van der Waals surface area contributed by atoms with E-state index in [0.29, 0.717) is 6.54 Å². The van der Waals surface area contributed by atoms with Gasteiger partial charge in [0.25, 0.3) is 0 Å². The zero-order valence-corrected chi connectivity index (χ0v) is 11.7. The Balaban J connectivity index is 2.57. The van der Waals surface area contributed by atoms with E-state index in [1.165, 1.54) is 25.7 Å². The fourth-order valence-electron chi connectivity index (χ4n) is 2.39. The highest BCUT2D eigenvalue weighted by atomic mass is 16.2. The van der Waals surface area contributed by atoms with Crippen LogP contribution < -0.4 is 11.1 Å². The van der Waals surface area contributed by atoms with E-state index in [2.05, 4.69) is 24.3 Å². The summed E-state index contributed by atoms with van der Waals surface area (Å²) in [5.41, 5.74) is 5.30. The molecule has 1 saturated carbocycles. The third-order valence-electron chi connectivity index (χ3n) is 4.19. The van der Waals surface area contributed by atoms with Gasteiger partial charge in [0.05, 0.1) is 5.41 Å². The normalized spacial score (nSPS) is 19.6. The second-order valence-electron chi connectivity index (χ2n) is 6.10. The Hall–Kier alpha value is -0.610. The van der Waals surface area contributed by atoms with Crippen LogP contribution in [0.5, 0.6) is 0 Å². The maximum atomic E-state index is 12.0. The minimum Gasteiger partial charge on any atom is -0.354 e. The third-order valence-corrected chi connectivity index (χ3v) is 4.19. The Kier molecular flexibility index (Phi) is 4.55. The number of nitrogens with zero attached hydrogens (tertiary/aromatic N) is 1. The van der Waals surface area contributed by atoms with Crippen molar-refractivity contribution in [2.24, 2.45) is 11.1 Å². The molecule has 0 aromatic carbocycles. The quantitative estimate of drug-likeness (QED) is 0.754. The van der Waals surface area contributed by atoms with Gasteiger partial charge in [0.2, 0.25) is 5.91 Å². The minimum absolute atomic E-state index is 0.0631. The molecule has 1 fully saturated rings. The molecule has 100 valence electrons. The van der Waals surface area contributed by atoms with Crippen molar-refractivity contribution in [3.8, 4) is 0 Å². The topological polar surface area (TPSA) is 58.4 Å². The van der Waals surface area contributed by atoms with Gasteiger partial charge in [-0.3, -0.25) is 4.79 Å². The van der Waals surface area contributed by atoms with E-state index < -0.39 is 5.41 Å². The summed E-state index contributed by atoms with van der Waals surface area (Å²) in [7, 11) is 4.21. The molecule has 0 aromatic heterocycles. The second kappa shape index (κ2) is 5.36. The number of likely N-dealkylation sites (N-methyl/N-ethyl adjacent to an activating group) is 1. The summed E-state index contributed by atoms with van der Waals surface area (Å²) in [5.74, 6) is 0.0631. The summed E-state index contributed by atoms with van der Waals surface area (Å²) in [6, 6.07) is 0. The fourth-order valence-corrected chi connectivity index (χ4v) is 2.39. The van der Waals surface area contributed by atoms with Gasteiger partial charge >= 0.3 is 0 Å². The summed E-state index contributed by atoms with van der Waals surface area (Å²) in [6.45, 7) is 4.90. The van der Waals surface area contributed by atoms with E-state index in [1.54, 1.807) is 0 Å². The number of nitrogens with two attached hydrogens (primary N) is 1. The van der Waals surface area contributed by atoms with Gasteiger partial charge in [0, 0.05) is 18.6 Å². The predicted octanol–water partition coefficient (Wildman–Crippen LogP) is 0.962. The van der Waals surface area contributed by atoms with Gasteiger partial charge in [-0.1, -0.05) is 12.8 Å². The molecule has 0 saturated heterocycles. The number of amides is 1. The minimum atomic E-state index is -0.466. The summed E-state index contributed by atoms with van der Waals surface area (Å²) in [5, 5.41) is 3.08. The van der Waals surface area contributed by atoms with Crippen LogP contribution in [0, 0.1) is 5.41 Å². The van der Waals surface area contributed by atoms with Gasteiger partial charge in [-0.05, 0) is 40.8 Å². The van der Waals surface area contributed by atoms with Crippen LogP contribution in [0.15, 0.2) is 0 Å². The van der Waals surface area contributed by atoms with Crippen LogP contribution in [-0.4, -0.2) is 43.5 Å². The first-order valence-electron chi connectivity index (χ1n) is 6.50. The predicted molar refractivity (Wildman–Crippen MR) is 70.7 cm³/mol. The maximum Gasteiger partial charge on any atom is 0.226 e. The van der Waals surface area contributed by atoms with Crippen LogP contribution in [0.4, 0.5) is 0 Å². The zero-order chi connectivity index (χ0) is 13.1. The fraction of sp³-hybridized carbons (Fsp3) is 0.923. The highest BCUT2D eigenvalue weighted by molar-refractivity contribution is 5.82. The van der Waals surface area contributed by atoms with Crippen LogP contribution in [0.2, 0.25) is 0 Å². The number of hydrogen-bond donors (Lipinski definition) is 2. The molecule has 0 radical (unpaired) electrons.